The molecule has 5 nitrogen and oxygen atoms in total. The van der Waals surface area contributed by atoms with Crippen LogP contribution < -0.4 is 5.32 Å². The van der Waals surface area contributed by atoms with Crippen LogP contribution in [0.15, 0.2) is 18.2 Å². The van der Waals surface area contributed by atoms with E-state index >= 15 is 0 Å². The minimum absolute atomic E-state index is 0.0665. The van der Waals surface area contributed by atoms with Crippen LogP contribution in [0.3, 0.4) is 0 Å². The van der Waals surface area contributed by atoms with Gasteiger partial charge < -0.3 is 5.32 Å². The van der Waals surface area contributed by atoms with Crippen molar-refractivity contribution in [2.75, 3.05) is 11.9 Å². The number of rotatable bonds is 3. The van der Waals surface area contributed by atoms with E-state index in [1.165, 1.54) is 12.1 Å². The van der Waals surface area contributed by atoms with E-state index in [-0.39, 0.29) is 5.69 Å². The van der Waals surface area contributed by atoms with Gasteiger partial charge in [-0.25, -0.2) is 0 Å². The van der Waals surface area contributed by atoms with Crippen LogP contribution in [0.1, 0.15) is 12.5 Å². The van der Waals surface area contributed by atoms with Crippen molar-refractivity contribution in [1.29, 1.82) is 5.26 Å². The Bertz CT molecular complexity index is 396. The summed E-state index contributed by atoms with van der Waals surface area (Å²) in [5.41, 5.74) is 0.852. The highest BCUT2D eigenvalue weighted by Crippen LogP contribution is 2.20. The van der Waals surface area contributed by atoms with Gasteiger partial charge in [0.15, 0.2) is 0 Å². The van der Waals surface area contributed by atoms with E-state index in [2.05, 4.69) is 5.32 Å². The van der Waals surface area contributed by atoms with E-state index in [4.69, 9.17) is 5.26 Å². The van der Waals surface area contributed by atoms with Crippen molar-refractivity contribution in [3.63, 3.8) is 0 Å². The molecular formula is C9H9N3O2. The molecule has 0 aliphatic heterocycles. The summed E-state index contributed by atoms with van der Waals surface area (Å²) in [5, 5.41) is 22.1. The summed E-state index contributed by atoms with van der Waals surface area (Å²) in [6.45, 7) is 2.56. The lowest BCUT2D eigenvalue weighted by Crippen LogP contribution is -1.99. The fourth-order valence-electron chi connectivity index (χ4n) is 1.08. The molecule has 0 aliphatic rings. The van der Waals surface area contributed by atoms with Gasteiger partial charge >= 0.3 is 0 Å². The maximum atomic E-state index is 10.4. The number of anilines is 1. The lowest BCUT2D eigenvalue weighted by molar-refractivity contribution is -0.384. The van der Waals surface area contributed by atoms with Crippen molar-refractivity contribution in [1.82, 2.24) is 0 Å². The van der Waals surface area contributed by atoms with Crippen LogP contribution in [-0.2, 0) is 0 Å². The fraction of sp³-hybridized carbons (Fsp3) is 0.222. The summed E-state index contributed by atoms with van der Waals surface area (Å²) >= 11 is 0. The zero-order chi connectivity index (χ0) is 10.6. The summed E-state index contributed by atoms with van der Waals surface area (Å²) < 4.78 is 0. The van der Waals surface area contributed by atoms with Gasteiger partial charge in [0.05, 0.1) is 16.2 Å². The van der Waals surface area contributed by atoms with Crippen molar-refractivity contribution < 1.29 is 4.92 Å². The predicted molar refractivity (Wildman–Crippen MR) is 52.0 cm³/mol. The SMILES string of the molecule is CCNc1ccc([N+](=O)[O-])cc1C#N. The molecule has 1 N–H and O–H groups in total. The number of hydrogen-bond acceptors (Lipinski definition) is 4. The second kappa shape index (κ2) is 4.23. The third-order valence-corrected chi connectivity index (χ3v) is 1.70. The van der Waals surface area contributed by atoms with Gasteiger partial charge in [0, 0.05) is 18.7 Å². The van der Waals surface area contributed by atoms with E-state index in [1.807, 2.05) is 13.0 Å². The van der Waals surface area contributed by atoms with E-state index in [0.29, 0.717) is 17.8 Å². The summed E-state index contributed by atoms with van der Waals surface area (Å²) in [6.07, 6.45) is 0. The largest absolute Gasteiger partial charge is 0.384 e. The first-order valence-electron chi connectivity index (χ1n) is 4.11. The summed E-state index contributed by atoms with van der Waals surface area (Å²) in [4.78, 5) is 9.90. The third-order valence-electron chi connectivity index (χ3n) is 1.70. The Kier molecular flexibility index (Phi) is 3.02. The normalized spacial score (nSPS) is 9.14. The van der Waals surface area contributed by atoms with Crippen LogP contribution in [0.5, 0.6) is 0 Å². The van der Waals surface area contributed by atoms with Gasteiger partial charge in [-0.3, -0.25) is 10.1 Å². The smallest absolute Gasteiger partial charge is 0.270 e. The minimum atomic E-state index is -0.517. The molecule has 0 atom stereocenters. The van der Waals surface area contributed by atoms with Crippen LogP contribution in [0.4, 0.5) is 11.4 Å². The highest BCUT2D eigenvalue weighted by atomic mass is 16.6. The molecule has 0 saturated carbocycles. The number of nitro benzene ring substituents is 1. The van der Waals surface area contributed by atoms with Crippen LogP contribution in [0, 0.1) is 21.4 Å². The fourth-order valence-corrected chi connectivity index (χ4v) is 1.08. The van der Waals surface area contributed by atoms with Crippen LogP contribution in [0.25, 0.3) is 0 Å². The average molecular weight is 191 g/mol. The minimum Gasteiger partial charge on any atom is -0.384 e. The number of nitro groups is 1. The molecule has 0 bridgehead atoms. The van der Waals surface area contributed by atoms with Gasteiger partial charge in [-0.05, 0) is 13.0 Å². The van der Waals surface area contributed by atoms with Crippen LogP contribution >= 0.6 is 0 Å². The zero-order valence-electron chi connectivity index (χ0n) is 7.65. The number of nitrogens with zero attached hydrogens (tertiary/aromatic N) is 2. The van der Waals surface area contributed by atoms with Gasteiger partial charge in [0.25, 0.3) is 5.69 Å². The van der Waals surface area contributed by atoms with E-state index in [0.717, 1.165) is 0 Å². The van der Waals surface area contributed by atoms with Gasteiger partial charge in [0.2, 0.25) is 0 Å². The van der Waals surface area contributed by atoms with E-state index < -0.39 is 4.92 Å². The van der Waals surface area contributed by atoms with Crippen molar-refractivity contribution in [3.8, 4) is 6.07 Å². The molecule has 0 unspecified atom stereocenters. The molecule has 72 valence electrons. The molecule has 1 aromatic rings. The maximum Gasteiger partial charge on any atom is 0.270 e. The van der Waals surface area contributed by atoms with E-state index in [9.17, 15) is 10.1 Å². The molecule has 0 amide bonds. The molecule has 0 fully saturated rings. The number of non-ortho nitro benzene ring substituents is 1. The maximum absolute atomic E-state index is 10.4. The highest BCUT2D eigenvalue weighted by molar-refractivity contribution is 5.61. The topological polar surface area (TPSA) is 79.0 Å². The van der Waals surface area contributed by atoms with Gasteiger partial charge in [-0.15, -0.1) is 0 Å². The summed E-state index contributed by atoms with van der Waals surface area (Å²) in [6, 6.07) is 6.09. The van der Waals surface area contributed by atoms with Gasteiger partial charge in [0.1, 0.15) is 6.07 Å². The first-order valence-corrected chi connectivity index (χ1v) is 4.11. The van der Waals surface area contributed by atoms with E-state index in [1.54, 1.807) is 6.07 Å². The molecule has 14 heavy (non-hydrogen) atoms. The summed E-state index contributed by atoms with van der Waals surface area (Å²) in [7, 11) is 0. The predicted octanol–water partition coefficient (Wildman–Crippen LogP) is 1.90. The average Bonchev–Trinajstić information content (AvgIpc) is 2.18. The Hall–Kier alpha value is -2.09. The quantitative estimate of drug-likeness (QED) is 0.584. The zero-order valence-corrected chi connectivity index (χ0v) is 7.65. The van der Waals surface area contributed by atoms with Gasteiger partial charge in [-0.2, -0.15) is 5.26 Å². The molecule has 0 heterocycles. The lowest BCUT2D eigenvalue weighted by Gasteiger charge is -2.04. The van der Waals surface area contributed by atoms with Crippen LogP contribution in [0.2, 0.25) is 0 Å². The first-order chi connectivity index (χ1) is 6.69. The third kappa shape index (κ3) is 1.98. The Morgan fingerprint density at radius 3 is 2.86 bits per heavy atom. The van der Waals surface area contributed by atoms with Crippen molar-refractivity contribution >= 4 is 11.4 Å². The number of benzene rings is 1. The Labute approximate surface area is 81.1 Å². The number of hydrogen-bond donors (Lipinski definition) is 1. The standard InChI is InChI=1S/C9H9N3O2/c1-2-11-9-4-3-8(12(13)14)5-7(9)6-10/h3-5,11H,2H2,1H3. The lowest BCUT2D eigenvalue weighted by atomic mass is 10.1. The Balaban J connectivity index is 3.13. The van der Waals surface area contributed by atoms with Crippen LogP contribution in [-0.4, -0.2) is 11.5 Å². The molecule has 0 radical (unpaired) electrons. The molecule has 0 aliphatic carbocycles. The Morgan fingerprint density at radius 1 is 1.64 bits per heavy atom. The highest BCUT2D eigenvalue weighted by Gasteiger charge is 2.09. The van der Waals surface area contributed by atoms with Crippen molar-refractivity contribution in [2.45, 2.75) is 6.92 Å². The molecule has 1 aromatic carbocycles. The molecule has 0 saturated heterocycles. The second-order valence-electron chi connectivity index (χ2n) is 2.63. The number of nitrogens with one attached hydrogen (secondary N) is 1. The monoisotopic (exact) mass is 191 g/mol. The molecule has 5 heteroatoms. The molecule has 0 spiro atoms. The Morgan fingerprint density at radius 2 is 2.36 bits per heavy atom. The molecular weight excluding hydrogens is 182 g/mol. The first kappa shape index (κ1) is 9.99. The summed E-state index contributed by atoms with van der Waals surface area (Å²) in [5.74, 6) is 0. The molecule has 1 rings (SSSR count). The van der Waals surface area contributed by atoms with Gasteiger partial charge in [-0.1, -0.05) is 0 Å². The van der Waals surface area contributed by atoms with Crippen molar-refractivity contribution in [3.05, 3.63) is 33.9 Å². The molecule has 0 aromatic heterocycles. The second-order valence-corrected chi connectivity index (χ2v) is 2.63. The van der Waals surface area contributed by atoms with Crippen molar-refractivity contribution in [2.24, 2.45) is 0 Å². The number of nitriles is 1.